The van der Waals surface area contributed by atoms with Crippen LogP contribution in [0.4, 0.5) is 5.82 Å². The van der Waals surface area contributed by atoms with Gasteiger partial charge in [0.25, 0.3) is 0 Å². The third kappa shape index (κ3) is 1.31. The molecule has 18 heavy (non-hydrogen) atoms. The molecule has 0 bridgehead atoms. The van der Waals surface area contributed by atoms with Crippen molar-refractivity contribution in [3.05, 3.63) is 18.6 Å². The van der Waals surface area contributed by atoms with Crippen LogP contribution >= 0.6 is 0 Å². The smallest absolute Gasteiger partial charge is 0.142 e. The number of nitrogens with one attached hydrogen (secondary N) is 1. The summed E-state index contributed by atoms with van der Waals surface area (Å²) in [7, 11) is 0. The summed E-state index contributed by atoms with van der Waals surface area (Å²) in [5.74, 6) is 1.60. The van der Waals surface area contributed by atoms with Crippen molar-refractivity contribution in [2.24, 2.45) is 5.92 Å². The minimum absolute atomic E-state index is 0.207. The lowest BCUT2D eigenvalue weighted by Gasteiger charge is -2.28. The minimum Gasteiger partial charge on any atom is -0.391 e. The summed E-state index contributed by atoms with van der Waals surface area (Å²) in [5, 5.41) is 11.2. The number of hydrogen-bond donors (Lipinski definition) is 2. The van der Waals surface area contributed by atoms with E-state index < -0.39 is 0 Å². The van der Waals surface area contributed by atoms with Crippen LogP contribution in [0.15, 0.2) is 18.6 Å². The van der Waals surface area contributed by atoms with Crippen LogP contribution in [-0.4, -0.2) is 38.7 Å². The fourth-order valence-corrected chi connectivity index (χ4v) is 3.61. The molecule has 1 aliphatic carbocycles. The quantitative estimate of drug-likeness (QED) is 0.793. The number of anilines is 1. The first-order chi connectivity index (χ1) is 8.84. The number of aromatic amines is 1. The summed E-state index contributed by atoms with van der Waals surface area (Å²) in [6, 6.07) is 2.26. The van der Waals surface area contributed by atoms with Crippen LogP contribution in [0.3, 0.4) is 0 Å². The lowest BCUT2D eigenvalue weighted by Crippen LogP contribution is -2.38. The Balaban J connectivity index is 1.81. The first-order valence-corrected chi connectivity index (χ1v) is 6.57. The van der Waals surface area contributed by atoms with Crippen molar-refractivity contribution >= 4 is 16.9 Å². The topological polar surface area (TPSA) is 65.0 Å². The molecule has 2 aromatic rings. The molecule has 0 amide bonds. The van der Waals surface area contributed by atoms with E-state index in [1.165, 1.54) is 0 Å². The maximum Gasteiger partial charge on any atom is 0.142 e. The average molecular weight is 244 g/mol. The molecule has 2 N–H and O–H groups in total. The van der Waals surface area contributed by atoms with Crippen molar-refractivity contribution in [2.45, 2.75) is 31.4 Å². The van der Waals surface area contributed by atoms with Crippen LogP contribution in [0.2, 0.25) is 0 Å². The molecule has 94 valence electrons. The van der Waals surface area contributed by atoms with Gasteiger partial charge in [-0.2, -0.15) is 0 Å². The molecule has 1 aliphatic heterocycles. The van der Waals surface area contributed by atoms with Crippen LogP contribution in [0.5, 0.6) is 0 Å². The van der Waals surface area contributed by atoms with Gasteiger partial charge in [-0.1, -0.05) is 0 Å². The van der Waals surface area contributed by atoms with E-state index in [0.717, 1.165) is 42.7 Å². The molecule has 2 aromatic heterocycles. The molecule has 1 saturated carbocycles. The van der Waals surface area contributed by atoms with Gasteiger partial charge in [-0.25, -0.2) is 9.97 Å². The lowest BCUT2D eigenvalue weighted by molar-refractivity contribution is 0.160. The normalized spacial score (nSPS) is 31.2. The zero-order valence-electron chi connectivity index (χ0n) is 10.1. The van der Waals surface area contributed by atoms with E-state index in [2.05, 4.69) is 19.9 Å². The van der Waals surface area contributed by atoms with E-state index in [4.69, 9.17) is 0 Å². The van der Waals surface area contributed by atoms with Gasteiger partial charge >= 0.3 is 0 Å². The molecule has 5 nitrogen and oxygen atoms in total. The van der Waals surface area contributed by atoms with E-state index >= 15 is 0 Å². The number of nitrogens with zero attached hydrogens (tertiary/aromatic N) is 3. The summed E-state index contributed by atoms with van der Waals surface area (Å²) in [6.45, 7) is 0.990. The van der Waals surface area contributed by atoms with Gasteiger partial charge in [0.2, 0.25) is 0 Å². The largest absolute Gasteiger partial charge is 0.391 e. The van der Waals surface area contributed by atoms with Crippen molar-refractivity contribution < 1.29 is 5.11 Å². The third-order valence-electron chi connectivity index (χ3n) is 4.42. The molecular weight excluding hydrogens is 228 g/mol. The number of H-pyrrole nitrogens is 1. The van der Waals surface area contributed by atoms with Crippen LogP contribution in [0.1, 0.15) is 19.3 Å². The van der Waals surface area contributed by atoms with Crippen molar-refractivity contribution in [1.82, 2.24) is 15.0 Å². The summed E-state index contributed by atoms with van der Waals surface area (Å²) in [6.07, 6.45) is 6.51. The fourth-order valence-electron chi connectivity index (χ4n) is 3.61. The van der Waals surface area contributed by atoms with Crippen molar-refractivity contribution in [1.29, 1.82) is 0 Å². The summed E-state index contributed by atoms with van der Waals surface area (Å²) >= 11 is 0. The molecule has 5 heteroatoms. The molecule has 0 aromatic carbocycles. The predicted octanol–water partition coefficient (Wildman–Crippen LogP) is 1.31. The predicted molar refractivity (Wildman–Crippen MR) is 68.4 cm³/mol. The molecule has 0 radical (unpaired) electrons. The zero-order valence-corrected chi connectivity index (χ0v) is 10.1. The average Bonchev–Trinajstić information content (AvgIpc) is 3.06. The second-order valence-electron chi connectivity index (χ2n) is 5.31. The monoisotopic (exact) mass is 244 g/mol. The molecule has 3 atom stereocenters. The highest BCUT2D eigenvalue weighted by Gasteiger charge is 2.44. The van der Waals surface area contributed by atoms with E-state index in [1.54, 1.807) is 6.33 Å². The number of aliphatic hydroxyl groups is 1. The van der Waals surface area contributed by atoms with E-state index in [1.807, 2.05) is 12.3 Å². The van der Waals surface area contributed by atoms with Crippen LogP contribution in [0, 0.1) is 5.92 Å². The van der Waals surface area contributed by atoms with Crippen LogP contribution < -0.4 is 4.90 Å². The van der Waals surface area contributed by atoms with Gasteiger partial charge in [0.05, 0.1) is 17.5 Å². The number of rotatable bonds is 1. The standard InChI is InChI=1S/C13H16N4O/c18-10-2-1-8-4-6-17(11(8)10)13-9-3-5-14-12(9)15-7-16-13/h3,5,7-8,10-11,18H,1-2,4,6H2,(H,14,15,16)/t8-,10-,11+/m0/s1. The van der Waals surface area contributed by atoms with E-state index in [-0.39, 0.29) is 12.1 Å². The van der Waals surface area contributed by atoms with Gasteiger partial charge < -0.3 is 15.0 Å². The Labute approximate surface area is 105 Å². The van der Waals surface area contributed by atoms with Gasteiger partial charge in [-0.15, -0.1) is 0 Å². The third-order valence-corrected chi connectivity index (χ3v) is 4.42. The van der Waals surface area contributed by atoms with Crippen molar-refractivity contribution in [3.8, 4) is 0 Å². The molecule has 2 fully saturated rings. The van der Waals surface area contributed by atoms with Crippen molar-refractivity contribution in [2.75, 3.05) is 11.4 Å². The van der Waals surface area contributed by atoms with E-state index in [0.29, 0.717) is 5.92 Å². The van der Waals surface area contributed by atoms with E-state index in [9.17, 15) is 5.11 Å². The SMILES string of the molecule is O[C@H]1CC[C@H]2CCN(c3ncnc4[nH]ccc34)[C@H]21. The summed E-state index contributed by atoms with van der Waals surface area (Å²) in [4.78, 5) is 14.1. The number of fused-ring (bicyclic) bond motifs is 2. The number of aromatic nitrogens is 3. The molecule has 3 heterocycles. The summed E-state index contributed by atoms with van der Waals surface area (Å²) in [5.41, 5.74) is 0.871. The lowest BCUT2D eigenvalue weighted by atomic mass is 10.0. The van der Waals surface area contributed by atoms with Gasteiger partial charge in [-0.3, -0.25) is 0 Å². The van der Waals surface area contributed by atoms with Gasteiger partial charge in [-0.05, 0) is 31.2 Å². The molecule has 1 saturated heterocycles. The Morgan fingerprint density at radius 1 is 1.28 bits per heavy atom. The highest BCUT2D eigenvalue weighted by molar-refractivity contribution is 5.87. The Kier molecular flexibility index (Phi) is 2.11. The van der Waals surface area contributed by atoms with Crippen LogP contribution in [-0.2, 0) is 0 Å². The Hall–Kier alpha value is -1.62. The highest BCUT2D eigenvalue weighted by atomic mass is 16.3. The highest BCUT2D eigenvalue weighted by Crippen LogP contribution is 2.41. The summed E-state index contributed by atoms with van der Waals surface area (Å²) < 4.78 is 0. The second-order valence-corrected chi connectivity index (χ2v) is 5.31. The zero-order chi connectivity index (χ0) is 12.1. The molecule has 0 unspecified atom stereocenters. The van der Waals surface area contributed by atoms with Crippen LogP contribution in [0.25, 0.3) is 11.0 Å². The van der Waals surface area contributed by atoms with Crippen molar-refractivity contribution in [3.63, 3.8) is 0 Å². The second kappa shape index (κ2) is 3.68. The van der Waals surface area contributed by atoms with Gasteiger partial charge in [0.1, 0.15) is 17.8 Å². The number of aliphatic hydroxyl groups excluding tert-OH is 1. The molecule has 2 aliphatic rings. The van der Waals surface area contributed by atoms with Gasteiger partial charge in [0.15, 0.2) is 0 Å². The first-order valence-electron chi connectivity index (χ1n) is 6.57. The maximum absolute atomic E-state index is 10.2. The molecule has 0 spiro atoms. The molecule has 4 rings (SSSR count). The Morgan fingerprint density at radius 2 is 2.22 bits per heavy atom. The Morgan fingerprint density at radius 3 is 3.17 bits per heavy atom. The van der Waals surface area contributed by atoms with Gasteiger partial charge in [0, 0.05) is 12.7 Å². The molecular formula is C13H16N4O. The Bertz CT molecular complexity index is 581. The minimum atomic E-state index is -0.207. The number of hydrogen-bond acceptors (Lipinski definition) is 4. The first kappa shape index (κ1) is 10.3. The maximum atomic E-state index is 10.2. The fraction of sp³-hybridized carbons (Fsp3) is 0.538.